The molecular formula is C3H8NOS+. The van der Waals surface area contributed by atoms with Gasteiger partial charge >= 0.3 is 5.91 Å². The summed E-state index contributed by atoms with van der Waals surface area (Å²) in [5, 5.41) is 0. The Kier molecular flexibility index (Phi) is 3.17. The largest absolute Gasteiger partial charge is 0.321 e. The third kappa shape index (κ3) is 2.23. The molecule has 0 atom stereocenters. The molecule has 0 fully saturated rings. The molecular weight excluding hydrogens is 98.1 g/mol. The Morgan fingerprint density at radius 2 is 2.50 bits per heavy atom. The van der Waals surface area contributed by atoms with Gasteiger partial charge in [0, 0.05) is 0 Å². The van der Waals surface area contributed by atoms with Crippen LogP contribution in [-0.2, 0) is 4.79 Å². The predicted molar refractivity (Wildman–Crippen MR) is 26.2 cm³/mol. The third-order valence-electron chi connectivity index (χ3n) is 0.492. The molecule has 0 rings (SSSR count). The lowest BCUT2D eigenvalue weighted by Crippen LogP contribution is -2.77. The van der Waals surface area contributed by atoms with E-state index in [4.69, 9.17) is 0 Å². The molecule has 0 heterocycles. The van der Waals surface area contributed by atoms with Crippen LogP contribution >= 0.6 is 12.8 Å². The Bertz CT molecular complexity index is 48.8. The maximum atomic E-state index is 10.0. The number of carbonyl (C=O) groups excluding carboxylic acids is 1. The summed E-state index contributed by atoms with van der Waals surface area (Å²) in [7, 11) is 0. The molecule has 0 aliphatic rings. The van der Waals surface area contributed by atoms with Crippen LogP contribution in [0.1, 0.15) is 13.3 Å². The summed E-state index contributed by atoms with van der Waals surface area (Å²) >= 11 is 3.62. The number of amides is 1. The van der Waals surface area contributed by atoms with E-state index in [0.717, 1.165) is 0 Å². The summed E-state index contributed by atoms with van der Waals surface area (Å²) in [6.07, 6.45) is 0.559. The zero-order valence-corrected chi connectivity index (χ0v) is 4.53. The van der Waals surface area contributed by atoms with E-state index in [-0.39, 0.29) is 5.91 Å². The lowest BCUT2D eigenvalue weighted by Gasteiger charge is -1.78. The quantitative estimate of drug-likeness (QED) is 0.427. The highest BCUT2D eigenvalue weighted by Crippen LogP contribution is 1.63. The minimum Gasteiger partial charge on any atom is -0.230 e. The van der Waals surface area contributed by atoms with Crippen molar-refractivity contribution in [2.45, 2.75) is 13.3 Å². The fraction of sp³-hybridized carbons (Fsp3) is 0.667. The summed E-state index contributed by atoms with van der Waals surface area (Å²) in [6, 6.07) is 0. The summed E-state index contributed by atoms with van der Waals surface area (Å²) in [6.45, 7) is 1.80. The first kappa shape index (κ1) is 5.98. The molecule has 0 unspecified atom stereocenters. The second-order valence-corrected chi connectivity index (χ2v) is 1.21. The lowest BCUT2D eigenvalue weighted by atomic mass is 10.5. The predicted octanol–water partition coefficient (Wildman–Crippen LogP) is -0.669. The van der Waals surface area contributed by atoms with Crippen LogP contribution in [0.15, 0.2) is 0 Å². The summed E-state index contributed by atoms with van der Waals surface area (Å²) < 4.78 is 1.28. The van der Waals surface area contributed by atoms with E-state index in [9.17, 15) is 4.79 Å². The van der Waals surface area contributed by atoms with Crippen LogP contribution in [0.25, 0.3) is 0 Å². The van der Waals surface area contributed by atoms with Crippen molar-refractivity contribution in [3.05, 3.63) is 0 Å². The number of nitrogens with two attached hydrogens (primary N) is 1. The molecule has 0 saturated carbocycles. The first-order valence-electron chi connectivity index (χ1n) is 1.81. The molecule has 0 spiro atoms. The minimum atomic E-state index is 0.0818. The van der Waals surface area contributed by atoms with Crippen LogP contribution in [0.5, 0.6) is 0 Å². The van der Waals surface area contributed by atoms with E-state index in [1.807, 2.05) is 0 Å². The monoisotopic (exact) mass is 106 g/mol. The van der Waals surface area contributed by atoms with Crippen LogP contribution in [0.3, 0.4) is 0 Å². The van der Waals surface area contributed by atoms with E-state index in [1.165, 1.54) is 4.72 Å². The molecule has 2 nitrogen and oxygen atoms in total. The van der Waals surface area contributed by atoms with Crippen molar-refractivity contribution in [3.8, 4) is 0 Å². The van der Waals surface area contributed by atoms with Crippen molar-refractivity contribution >= 4 is 18.7 Å². The Morgan fingerprint density at radius 3 is 2.50 bits per heavy atom. The van der Waals surface area contributed by atoms with E-state index in [2.05, 4.69) is 12.8 Å². The number of hydrogen-bond donors (Lipinski definition) is 2. The van der Waals surface area contributed by atoms with Crippen LogP contribution in [-0.4, -0.2) is 5.91 Å². The fourth-order valence-corrected chi connectivity index (χ4v) is 0.274. The molecule has 0 radical (unpaired) electrons. The Balaban J connectivity index is 2.99. The maximum Gasteiger partial charge on any atom is 0.321 e. The fourth-order valence-electron chi connectivity index (χ4n) is 0.0913. The molecule has 0 aromatic heterocycles. The molecule has 2 N–H and O–H groups in total. The SMILES string of the molecule is CCC(=O)[NH2+]S. The van der Waals surface area contributed by atoms with Crippen molar-refractivity contribution in [1.82, 2.24) is 0 Å². The van der Waals surface area contributed by atoms with Gasteiger partial charge in [-0.15, -0.1) is 0 Å². The smallest absolute Gasteiger partial charge is 0.230 e. The van der Waals surface area contributed by atoms with Crippen LogP contribution in [0.2, 0.25) is 0 Å². The lowest BCUT2D eigenvalue weighted by molar-refractivity contribution is -0.392. The van der Waals surface area contributed by atoms with Gasteiger partial charge in [0.15, 0.2) is 0 Å². The molecule has 0 aliphatic carbocycles. The average molecular weight is 106 g/mol. The Hall–Kier alpha value is -0.0200. The molecule has 0 aromatic rings. The van der Waals surface area contributed by atoms with Crippen molar-refractivity contribution in [2.75, 3.05) is 0 Å². The molecule has 0 aromatic carbocycles. The highest BCUT2D eigenvalue weighted by molar-refractivity contribution is 7.73. The molecule has 36 valence electrons. The van der Waals surface area contributed by atoms with Gasteiger partial charge in [0.25, 0.3) is 0 Å². The Morgan fingerprint density at radius 1 is 2.00 bits per heavy atom. The number of primary amides is 1. The van der Waals surface area contributed by atoms with Crippen molar-refractivity contribution < 1.29 is 9.52 Å². The third-order valence-corrected chi connectivity index (χ3v) is 0.780. The van der Waals surface area contributed by atoms with Gasteiger partial charge < -0.3 is 0 Å². The van der Waals surface area contributed by atoms with Gasteiger partial charge in [-0.3, -0.25) is 0 Å². The molecule has 0 bridgehead atoms. The van der Waals surface area contributed by atoms with Crippen molar-refractivity contribution in [1.29, 1.82) is 0 Å². The van der Waals surface area contributed by atoms with Gasteiger partial charge in [0.1, 0.15) is 0 Å². The van der Waals surface area contributed by atoms with Gasteiger partial charge in [-0.2, -0.15) is 0 Å². The van der Waals surface area contributed by atoms with Crippen LogP contribution in [0.4, 0.5) is 0 Å². The first-order chi connectivity index (χ1) is 2.81. The van der Waals surface area contributed by atoms with Gasteiger partial charge in [0.05, 0.1) is 19.2 Å². The first-order valence-corrected chi connectivity index (χ1v) is 2.33. The second kappa shape index (κ2) is 3.18. The zero-order valence-electron chi connectivity index (χ0n) is 3.64. The average Bonchev–Trinajstić information content (AvgIpc) is 1.65. The summed E-state index contributed by atoms with van der Waals surface area (Å²) in [5.41, 5.74) is 0. The molecule has 0 saturated heterocycles. The summed E-state index contributed by atoms with van der Waals surface area (Å²) in [4.78, 5) is 10.0. The normalized spacial score (nSPS) is 8.33. The molecule has 6 heavy (non-hydrogen) atoms. The van der Waals surface area contributed by atoms with Crippen LogP contribution < -0.4 is 4.72 Å². The summed E-state index contributed by atoms with van der Waals surface area (Å²) in [5.74, 6) is 0.0818. The van der Waals surface area contributed by atoms with E-state index in [1.54, 1.807) is 6.92 Å². The van der Waals surface area contributed by atoms with Crippen molar-refractivity contribution in [2.24, 2.45) is 0 Å². The Labute approximate surface area is 42.5 Å². The number of hydrogen-bond acceptors (Lipinski definition) is 2. The zero-order chi connectivity index (χ0) is 4.99. The maximum absolute atomic E-state index is 10.0. The van der Waals surface area contributed by atoms with E-state index in [0.29, 0.717) is 6.42 Å². The van der Waals surface area contributed by atoms with Gasteiger partial charge in [-0.05, 0) is 0 Å². The van der Waals surface area contributed by atoms with E-state index >= 15 is 0 Å². The highest BCUT2D eigenvalue weighted by atomic mass is 32.1. The number of thiol groups is 1. The van der Waals surface area contributed by atoms with Gasteiger partial charge in [-0.1, -0.05) is 6.92 Å². The molecule has 1 amide bonds. The highest BCUT2D eigenvalue weighted by Gasteiger charge is 1.92. The number of rotatable bonds is 1. The number of quaternary nitrogens is 1. The standard InChI is InChI=1S/C3H7NOS/c1-2-3(5)4-6/h6H,2H2,1H3,(H,4,5)/p+1. The van der Waals surface area contributed by atoms with E-state index < -0.39 is 0 Å². The topological polar surface area (TPSA) is 33.7 Å². The van der Waals surface area contributed by atoms with Crippen LogP contribution in [0, 0.1) is 0 Å². The van der Waals surface area contributed by atoms with Gasteiger partial charge in [0.2, 0.25) is 0 Å². The molecule has 0 aliphatic heterocycles. The molecule has 3 heteroatoms. The minimum absolute atomic E-state index is 0.0818. The second-order valence-electron chi connectivity index (χ2n) is 0.949. The van der Waals surface area contributed by atoms with Gasteiger partial charge in [-0.25, -0.2) is 9.52 Å². The number of carbonyl (C=O) groups is 1. The van der Waals surface area contributed by atoms with Crippen molar-refractivity contribution in [3.63, 3.8) is 0 Å².